The van der Waals surface area contributed by atoms with Gasteiger partial charge in [0.05, 0.1) is 6.61 Å². The highest BCUT2D eigenvalue weighted by Crippen LogP contribution is 2.23. The summed E-state index contributed by atoms with van der Waals surface area (Å²) in [5.41, 5.74) is 2.65. The van der Waals surface area contributed by atoms with Crippen LogP contribution in [0, 0.1) is 11.8 Å². The molecule has 0 spiro atoms. The number of ether oxygens (including phenoxy) is 1. The molecule has 0 bridgehead atoms. The van der Waals surface area contributed by atoms with Gasteiger partial charge in [0.1, 0.15) is 0 Å². The molecule has 2 fully saturated rings. The average Bonchev–Trinajstić information content (AvgIpc) is 3.12. The number of nitrogens with zero attached hydrogens (tertiary/aromatic N) is 3. The molecule has 1 N–H and O–H groups in total. The first-order chi connectivity index (χ1) is 12.7. The number of guanidine groups is 1. The number of hydrogen-bond donors (Lipinski definition) is 1. The molecule has 2 aliphatic heterocycles. The van der Waals surface area contributed by atoms with Crippen LogP contribution in [-0.2, 0) is 11.3 Å². The highest BCUT2D eigenvalue weighted by molar-refractivity contribution is 14.0. The van der Waals surface area contributed by atoms with Gasteiger partial charge in [-0.2, -0.15) is 0 Å². The summed E-state index contributed by atoms with van der Waals surface area (Å²) in [5.74, 6) is 2.48. The molecule has 1 aromatic carbocycles. The van der Waals surface area contributed by atoms with E-state index in [1.54, 1.807) is 7.11 Å². The van der Waals surface area contributed by atoms with Gasteiger partial charge < -0.3 is 19.9 Å². The molecule has 5 nitrogen and oxygen atoms in total. The number of halogens is 1. The van der Waals surface area contributed by atoms with Crippen molar-refractivity contribution in [2.75, 3.05) is 51.8 Å². The zero-order chi connectivity index (χ0) is 18.4. The SMILES string of the molecule is CN=C(NCc1ccc(N2CCC(C)CC2)cc1)N1CCC(COC)C1.I. The Morgan fingerprint density at radius 2 is 1.85 bits per heavy atom. The maximum atomic E-state index is 5.29. The van der Waals surface area contributed by atoms with E-state index in [4.69, 9.17) is 4.74 Å². The van der Waals surface area contributed by atoms with Gasteiger partial charge in [-0.1, -0.05) is 19.1 Å². The van der Waals surface area contributed by atoms with E-state index in [-0.39, 0.29) is 24.0 Å². The first kappa shape index (κ1) is 22.3. The largest absolute Gasteiger partial charge is 0.384 e. The Bertz CT molecular complexity index is 584. The minimum atomic E-state index is 0. The van der Waals surface area contributed by atoms with Gasteiger partial charge in [0.2, 0.25) is 0 Å². The summed E-state index contributed by atoms with van der Waals surface area (Å²) in [7, 11) is 3.65. The second-order valence-corrected chi connectivity index (χ2v) is 7.79. The molecular weight excluding hydrogens is 451 g/mol. The van der Waals surface area contributed by atoms with Crippen LogP contribution < -0.4 is 10.2 Å². The molecule has 27 heavy (non-hydrogen) atoms. The van der Waals surface area contributed by atoms with E-state index < -0.39 is 0 Å². The monoisotopic (exact) mass is 486 g/mol. The van der Waals surface area contributed by atoms with Crippen LogP contribution >= 0.6 is 24.0 Å². The molecule has 2 saturated heterocycles. The van der Waals surface area contributed by atoms with Crippen molar-refractivity contribution in [3.05, 3.63) is 29.8 Å². The lowest BCUT2D eigenvalue weighted by Gasteiger charge is -2.32. The topological polar surface area (TPSA) is 40.1 Å². The molecule has 6 heteroatoms. The summed E-state index contributed by atoms with van der Waals surface area (Å²) in [5, 5.41) is 3.52. The predicted molar refractivity (Wildman–Crippen MR) is 124 cm³/mol. The molecule has 0 radical (unpaired) electrons. The second-order valence-electron chi connectivity index (χ2n) is 7.79. The fraction of sp³-hybridized carbons (Fsp3) is 0.667. The maximum absolute atomic E-state index is 5.29. The maximum Gasteiger partial charge on any atom is 0.193 e. The van der Waals surface area contributed by atoms with Crippen molar-refractivity contribution in [2.45, 2.75) is 32.7 Å². The minimum absolute atomic E-state index is 0. The van der Waals surface area contributed by atoms with Gasteiger partial charge in [0.15, 0.2) is 5.96 Å². The van der Waals surface area contributed by atoms with Crippen molar-refractivity contribution < 1.29 is 4.74 Å². The molecule has 0 amide bonds. The molecule has 1 atom stereocenters. The summed E-state index contributed by atoms with van der Waals surface area (Å²) in [6.07, 6.45) is 3.79. The summed E-state index contributed by atoms with van der Waals surface area (Å²) < 4.78 is 5.29. The molecule has 1 aromatic rings. The molecule has 3 rings (SSSR count). The Morgan fingerprint density at radius 1 is 1.15 bits per heavy atom. The fourth-order valence-electron chi connectivity index (χ4n) is 4.00. The summed E-state index contributed by atoms with van der Waals surface area (Å²) in [4.78, 5) is 9.31. The molecule has 2 aliphatic rings. The van der Waals surface area contributed by atoms with Crippen molar-refractivity contribution in [3.8, 4) is 0 Å². The van der Waals surface area contributed by atoms with E-state index in [1.807, 2.05) is 7.05 Å². The van der Waals surface area contributed by atoms with Crippen LogP contribution in [0.25, 0.3) is 0 Å². The molecule has 0 aromatic heterocycles. The van der Waals surface area contributed by atoms with Gasteiger partial charge in [-0.3, -0.25) is 4.99 Å². The van der Waals surface area contributed by atoms with Crippen LogP contribution in [0.15, 0.2) is 29.3 Å². The van der Waals surface area contributed by atoms with Crippen LogP contribution in [0.1, 0.15) is 31.7 Å². The van der Waals surface area contributed by atoms with Crippen molar-refractivity contribution in [2.24, 2.45) is 16.8 Å². The van der Waals surface area contributed by atoms with Gasteiger partial charge in [0.25, 0.3) is 0 Å². The van der Waals surface area contributed by atoms with Gasteiger partial charge in [-0.15, -0.1) is 24.0 Å². The second kappa shape index (κ2) is 11.1. The number of rotatable bonds is 5. The standard InChI is InChI=1S/C21H34N4O.HI/c1-17-8-11-24(12-9-17)20-6-4-18(5-7-20)14-23-21(22-2)25-13-10-19(15-25)16-26-3;/h4-7,17,19H,8-16H2,1-3H3,(H,22,23);1H. The van der Waals surface area contributed by atoms with Crippen molar-refractivity contribution >= 4 is 35.6 Å². The predicted octanol–water partition coefficient (Wildman–Crippen LogP) is 3.58. The number of aliphatic imine (C=N–C) groups is 1. The fourth-order valence-corrected chi connectivity index (χ4v) is 4.00. The molecule has 1 unspecified atom stereocenters. The van der Waals surface area contributed by atoms with E-state index in [0.717, 1.165) is 38.1 Å². The molecular formula is C21H35IN4O. The number of benzene rings is 1. The van der Waals surface area contributed by atoms with Crippen LogP contribution in [0.5, 0.6) is 0 Å². The zero-order valence-electron chi connectivity index (χ0n) is 17.0. The van der Waals surface area contributed by atoms with Crippen molar-refractivity contribution in [3.63, 3.8) is 0 Å². The minimum Gasteiger partial charge on any atom is -0.384 e. The van der Waals surface area contributed by atoms with E-state index in [1.165, 1.54) is 43.6 Å². The lowest BCUT2D eigenvalue weighted by molar-refractivity contribution is 0.157. The number of hydrogen-bond acceptors (Lipinski definition) is 3. The van der Waals surface area contributed by atoms with E-state index in [2.05, 4.69) is 51.3 Å². The Labute approximate surface area is 181 Å². The third-order valence-corrected chi connectivity index (χ3v) is 5.74. The number of piperidine rings is 1. The number of nitrogens with one attached hydrogen (secondary N) is 1. The number of likely N-dealkylation sites (tertiary alicyclic amines) is 1. The zero-order valence-corrected chi connectivity index (χ0v) is 19.3. The molecule has 0 saturated carbocycles. The van der Waals surface area contributed by atoms with Crippen LogP contribution in [0.3, 0.4) is 0 Å². The third kappa shape index (κ3) is 6.24. The van der Waals surface area contributed by atoms with Crippen molar-refractivity contribution in [1.82, 2.24) is 10.2 Å². The van der Waals surface area contributed by atoms with Crippen LogP contribution in [0.4, 0.5) is 5.69 Å². The highest BCUT2D eigenvalue weighted by Gasteiger charge is 2.24. The summed E-state index contributed by atoms with van der Waals surface area (Å²) in [6, 6.07) is 9.01. The first-order valence-electron chi connectivity index (χ1n) is 9.98. The summed E-state index contributed by atoms with van der Waals surface area (Å²) >= 11 is 0. The Morgan fingerprint density at radius 3 is 2.48 bits per heavy atom. The first-order valence-corrected chi connectivity index (χ1v) is 9.98. The van der Waals surface area contributed by atoms with Gasteiger partial charge in [-0.05, 0) is 42.9 Å². The third-order valence-electron chi connectivity index (χ3n) is 5.74. The molecule has 152 valence electrons. The quantitative estimate of drug-likeness (QED) is 0.393. The lowest BCUT2D eigenvalue weighted by atomic mass is 9.99. The number of methoxy groups -OCH3 is 1. The Balaban J connectivity index is 0.00000261. The smallest absolute Gasteiger partial charge is 0.193 e. The van der Waals surface area contributed by atoms with Crippen LogP contribution in [-0.4, -0.2) is 57.8 Å². The van der Waals surface area contributed by atoms with Crippen LogP contribution in [0.2, 0.25) is 0 Å². The van der Waals surface area contributed by atoms with E-state index in [9.17, 15) is 0 Å². The van der Waals surface area contributed by atoms with Gasteiger partial charge in [0, 0.05) is 58.5 Å². The van der Waals surface area contributed by atoms with Gasteiger partial charge >= 0.3 is 0 Å². The normalized spacial score (nSPS) is 21.3. The van der Waals surface area contributed by atoms with E-state index in [0.29, 0.717) is 5.92 Å². The molecule has 0 aliphatic carbocycles. The van der Waals surface area contributed by atoms with E-state index >= 15 is 0 Å². The van der Waals surface area contributed by atoms with Crippen molar-refractivity contribution in [1.29, 1.82) is 0 Å². The number of anilines is 1. The highest BCUT2D eigenvalue weighted by atomic mass is 127. The Kier molecular flexibility index (Phi) is 9.15. The summed E-state index contributed by atoms with van der Waals surface area (Å²) in [6.45, 7) is 8.46. The average molecular weight is 486 g/mol. The lowest BCUT2D eigenvalue weighted by Crippen LogP contribution is -2.39. The van der Waals surface area contributed by atoms with Gasteiger partial charge in [-0.25, -0.2) is 0 Å². The Hall–Kier alpha value is -1.02. The molecule has 2 heterocycles.